The van der Waals surface area contributed by atoms with Crippen LogP contribution in [0.5, 0.6) is 0 Å². The number of benzene rings is 1. The van der Waals surface area contributed by atoms with Gasteiger partial charge >= 0.3 is 0 Å². The Morgan fingerprint density at radius 1 is 1.22 bits per heavy atom. The summed E-state index contributed by atoms with van der Waals surface area (Å²) in [5.41, 5.74) is 7.37. The fourth-order valence-corrected chi connectivity index (χ4v) is 2.38. The number of nitrogens with two attached hydrogens (primary N) is 1. The van der Waals surface area contributed by atoms with Gasteiger partial charge in [0.25, 0.3) is 0 Å². The van der Waals surface area contributed by atoms with Crippen molar-refractivity contribution in [3.63, 3.8) is 0 Å². The highest BCUT2D eigenvalue weighted by atomic mass is 19.1. The standard InChI is InChI=1S/C14H22FN3/c1-17-5-2-6-18(8-7-17)11-13-9-12(10-16)3-4-14(13)15/h3-4,9H,2,5-8,10-11,16H2,1H3. The van der Waals surface area contributed by atoms with Gasteiger partial charge in [0.15, 0.2) is 0 Å². The lowest BCUT2D eigenvalue weighted by molar-refractivity contribution is 0.266. The number of rotatable bonds is 3. The van der Waals surface area contributed by atoms with Gasteiger partial charge < -0.3 is 10.6 Å². The number of hydrogen-bond donors (Lipinski definition) is 1. The van der Waals surface area contributed by atoms with Crippen LogP contribution < -0.4 is 5.73 Å². The van der Waals surface area contributed by atoms with E-state index in [1.54, 1.807) is 6.07 Å². The Bertz CT molecular complexity index is 395. The van der Waals surface area contributed by atoms with Crippen LogP contribution in [0.2, 0.25) is 0 Å². The third-order valence-corrected chi connectivity index (χ3v) is 3.55. The summed E-state index contributed by atoms with van der Waals surface area (Å²) in [4.78, 5) is 4.65. The summed E-state index contributed by atoms with van der Waals surface area (Å²) in [6.45, 7) is 5.38. The largest absolute Gasteiger partial charge is 0.326 e. The lowest BCUT2D eigenvalue weighted by Gasteiger charge is -2.20. The quantitative estimate of drug-likeness (QED) is 0.882. The lowest BCUT2D eigenvalue weighted by atomic mass is 10.1. The molecular weight excluding hydrogens is 229 g/mol. The van der Waals surface area contributed by atoms with Crippen molar-refractivity contribution in [1.29, 1.82) is 0 Å². The summed E-state index contributed by atoms with van der Waals surface area (Å²) >= 11 is 0. The fourth-order valence-electron chi connectivity index (χ4n) is 2.38. The van der Waals surface area contributed by atoms with Crippen LogP contribution in [0.1, 0.15) is 17.5 Å². The topological polar surface area (TPSA) is 32.5 Å². The van der Waals surface area contributed by atoms with E-state index in [1.807, 2.05) is 6.07 Å². The third kappa shape index (κ3) is 3.51. The number of likely N-dealkylation sites (N-methyl/N-ethyl adjacent to an activating group) is 1. The van der Waals surface area contributed by atoms with Crippen LogP contribution in [-0.4, -0.2) is 43.0 Å². The summed E-state index contributed by atoms with van der Waals surface area (Å²) in [6.07, 6.45) is 1.15. The molecule has 3 nitrogen and oxygen atoms in total. The Morgan fingerprint density at radius 2 is 2.06 bits per heavy atom. The van der Waals surface area contributed by atoms with Gasteiger partial charge in [-0.05, 0) is 38.2 Å². The molecule has 18 heavy (non-hydrogen) atoms. The second kappa shape index (κ2) is 6.27. The summed E-state index contributed by atoms with van der Waals surface area (Å²) in [5, 5.41) is 0. The normalized spacial score (nSPS) is 18.8. The summed E-state index contributed by atoms with van der Waals surface area (Å²) < 4.78 is 13.8. The molecule has 1 fully saturated rings. The maximum absolute atomic E-state index is 13.8. The minimum Gasteiger partial charge on any atom is -0.326 e. The van der Waals surface area contributed by atoms with Crippen molar-refractivity contribution in [2.75, 3.05) is 33.2 Å². The van der Waals surface area contributed by atoms with Gasteiger partial charge in [0.2, 0.25) is 0 Å². The molecule has 2 N–H and O–H groups in total. The number of hydrogen-bond acceptors (Lipinski definition) is 3. The zero-order chi connectivity index (χ0) is 13.0. The molecule has 1 aliphatic rings. The Hall–Kier alpha value is -0.970. The van der Waals surface area contributed by atoms with Crippen molar-refractivity contribution in [2.24, 2.45) is 5.73 Å². The van der Waals surface area contributed by atoms with Crippen LogP contribution in [0, 0.1) is 5.82 Å². The molecule has 1 aliphatic heterocycles. The summed E-state index contributed by atoms with van der Waals surface area (Å²) in [6, 6.07) is 5.18. The molecule has 0 aromatic heterocycles. The van der Waals surface area contributed by atoms with Crippen LogP contribution in [0.25, 0.3) is 0 Å². The van der Waals surface area contributed by atoms with Gasteiger partial charge in [-0.1, -0.05) is 12.1 Å². The van der Waals surface area contributed by atoms with Gasteiger partial charge in [0, 0.05) is 31.7 Å². The van der Waals surface area contributed by atoms with Crippen LogP contribution in [-0.2, 0) is 13.1 Å². The van der Waals surface area contributed by atoms with Gasteiger partial charge in [0.05, 0.1) is 0 Å². The van der Waals surface area contributed by atoms with E-state index in [0.29, 0.717) is 13.1 Å². The zero-order valence-corrected chi connectivity index (χ0v) is 11.0. The minimum absolute atomic E-state index is 0.121. The van der Waals surface area contributed by atoms with E-state index in [-0.39, 0.29) is 5.82 Å². The predicted octanol–water partition coefficient (Wildman–Crippen LogP) is 1.42. The first-order valence-corrected chi connectivity index (χ1v) is 6.57. The van der Waals surface area contributed by atoms with Crippen LogP contribution in [0.3, 0.4) is 0 Å². The minimum atomic E-state index is -0.121. The molecule has 0 saturated carbocycles. The number of nitrogens with zero attached hydrogens (tertiary/aromatic N) is 2. The first-order chi connectivity index (χ1) is 8.69. The molecule has 0 spiro atoms. The van der Waals surface area contributed by atoms with E-state index >= 15 is 0 Å². The van der Waals surface area contributed by atoms with Crippen molar-refractivity contribution in [3.05, 3.63) is 35.1 Å². The molecule has 1 saturated heterocycles. The average Bonchev–Trinajstić information content (AvgIpc) is 2.57. The van der Waals surface area contributed by atoms with Gasteiger partial charge in [-0.2, -0.15) is 0 Å². The Labute approximate surface area is 108 Å². The first-order valence-electron chi connectivity index (χ1n) is 6.57. The molecule has 0 unspecified atom stereocenters. The molecule has 1 heterocycles. The van der Waals surface area contributed by atoms with Crippen molar-refractivity contribution in [1.82, 2.24) is 9.80 Å². The average molecular weight is 251 g/mol. The molecule has 100 valence electrons. The van der Waals surface area contributed by atoms with Crippen molar-refractivity contribution in [2.45, 2.75) is 19.5 Å². The fraction of sp³-hybridized carbons (Fsp3) is 0.571. The summed E-state index contributed by atoms with van der Waals surface area (Å²) in [7, 11) is 2.14. The van der Waals surface area contributed by atoms with Crippen molar-refractivity contribution < 1.29 is 4.39 Å². The van der Waals surface area contributed by atoms with Crippen LogP contribution in [0.15, 0.2) is 18.2 Å². The SMILES string of the molecule is CN1CCCN(Cc2cc(CN)ccc2F)CC1. The predicted molar refractivity (Wildman–Crippen MR) is 71.7 cm³/mol. The van der Waals surface area contributed by atoms with Crippen molar-refractivity contribution >= 4 is 0 Å². The lowest BCUT2D eigenvalue weighted by Crippen LogP contribution is -2.28. The van der Waals surface area contributed by atoms with Crippen LogP contribution in [0.4, 0.5) is 4.39 Å². The molecule has 0 radical (unpaired) electrons. The highest BCUT2D eigenvalue weighted by Crippen LogP contribution is 2.14. The third-order valence-electron chi connectivity index (χ3n) is 3.55. The molecule has 4 heteroatoms. The molecule has 0 amide bonds. The molecule has 1 aromatic rings. The van der Waals surface area contributed by atoms with E-state index in [4.69, 9.17) is 5.73 Å². The Kier molecular flexibility index (Phi) is 4.69. The van der Waals surface area contributed by atoms with Gasteiger partial charge in [0.1, 0.15) is 5.82 Å². The highest BCUT2D eigenvalue weighted by molar-refractivity contribution is 5.25. The maximum atomic E-state index is 13.8. The van der Waals surface area contributed by atoms with Gasteiger partial charge in [-0.3, -0.25) is 4.90 Å². The molecule has 0 aliphatic carbocycles. The molecule has 0 bridgehead atoms. The smallest absolute Gasteiger partial charge is 0.127 e. The summed E-state index contributed by atoms with van der Waals surface area (Å²) in [5.74, 6) is -0.121. The van der Waals surface area contributed by atoms with Crippen molar-refractivity contribution in [3.8, 4) is 0 Å². The van der Waals surface area contributed by atoms with E-state index in [1.165, 1.54) is 6.07 Å². The maximum Gasteiger partial charge on any atom is 0.127 e. The van der Waals surface area contributed by atoms with Crippen LogP contribution >= 0.6 is 0 Å². The monoisotopic (exact) mass is 251 g/mol. The van der Waals surface area contributed by atoms with E-state index in [2.05, 4.69) is 16.8 Å². The van der Waals surface area contributed by atoms with E-state index in [0.717, 1.165) is 43.7 Å². The Morgan fingerprint density at radius 3 is 2.83 bits per heavy atom. The zero-order valence-electron chi connectivity index (χ0n) is 11.0. The highest BCUT2D eigenvalue weighted by Gasteiger charge is 2.14. The molecule has 1 aromatic carbocycles. The van der Waals surface area contributed by atoms with E-state index in [9.17, 15) is 4.39 Å². The van der Waals surface area contributed by atoms with Gasteiger partial charge in [-0.15, -0.1) is 0 Å². The molecular formula is C14H22FN3. The Balaban J connectivity index is 2.03. The second-order valence-electron chi connectivity index (χ2n) is 5.06. The molecule has 2 rings (SSSR count). The van der Waals surface area contributed by atoms with Gasteiger partial charge in [-0.25, -0.2) is 4.39 Å². The second-order valence-corrected chi connectivity index (χ2v) is 5.06. The molecule has 0 atom stereocenters. The van der Waals surface area contributed by atoms with E-state index < -0.39 is 0 Å². The first kappa shape index (κ1) is 13.5. The number of halogens is 1.